The highest BCUT2D eigenvalue weighted by Gasteiger charge is 2.02. The molecule has 4 heteroatoms. The molecule has 2 nitrogen and oxygen atoms in total. The summed E-state index contributed by atoms with van der Waals surface area (Å²) in [5.41, 5.74) is 3.22. The van der Waals surface area contributed by atoms with E-state index in [1.165, 1.54) is 6.07 Å². The molecule has 17 heavy (non-hydrogen) atoms. The minimum atomic E-state index is -0.261. The number of rotatable bonds is 4. The molecule has 0 saturated heterocycles. The maximum absolute atomic E-state index is 13.3. The third-order valence-electron chi connectivity index (χ3n) is 2.24. The first kappa shape index (κ1) is 11.9. The summed E-state index contributed by atoms with van der Waals surface area (Å²) in [4.78, 5) is 5.25. The highest BCUT2D eigenvalue weighted by atomic mass is 35.5. The van der Waals surface area contributed by atoms with Crippen LogP contribution in [-0.2, 0) is 6.54 Å². The lowest BCUT2D eigenvalue weighted by Crippen LogP contribution is -2.18. The summed E-state index contributed by atoms with van der Waals surface area (Å²) in [6.07, 6.45) is 0. The second-order valence-corrected chi connectivity index (χ2v) is 3.85. The summed E-state index contributed by atoms with van der Waals surface area (Å²) in [7, 11) is 0. The van der Waals surface area contributed by atoms with Crippen molar-refractivity contribution in [3.05, 3.63) is 64.9 Å². The molecule has 0 bridgehead atoms. The third-order valence-corrected chi connectivity index (χ3v) is 2.55. The lowest BCUT2D eigenvalue weighted by Gasteiger charge is -2.08. The van der Waals surface area contributed by atoms with E-state index in [1.54, 1.807) is 30.3 Å². The maximum atomic E-state index is 13.3. The van der Waals surface area contributed by atoms with Crippen molar-refractivity contribution in [1.29, 1.82) is 0 Å². The van der Waals surface area contributed by atoms with E-state index >= 15 is 0 Å². The molecule has 0 heterocycles. The zero-order valence-corrected chi connectivity index (χ0v) is 9.75. The predicted molar refractivity (Wildman–Crippen MR) is 65.3 cm³/mol. The Morgan fingerprint density at radius 3 is 2.53 bits per heavy atom. The van der Waals surface area contributed by atoms with Crippen LogP contribution in [0.4, 0.5) is 4.39 Å². The molecule has 0 saturated carbocycles. The number of nitrogens with one attached hydrogen (secondary N) is 1. The number of para-hydroxylation sites is 1. The van der Waals surface area contributed by atoms with Crippen LogP contribution in [-0.4, -0.2) is 0 Å². The van der Waals surface area contributed by atoms with Crippen molar-refractivity contribution >= 4 is 11.6 Å². The molecule has 0 unspecified atom stereocenters. The van der Waals surface area contributed by atoms with Gasteiger partial charge in [-0.1, -0.05) is 41.9 Å². The van der Waals surface area contributed by atoms with Crippen LogP contribution >= 0.6 is 11.6 Å². The first-order valence-electron chi connectivity index (χ1n) is 5.15. The second kappa shape index (κ2) is 5.66. The van der Waals surface area contributed by atoms with Gasteiger partial charge in [-0.3, -0.25) is 0 Å². The van der Waals surface area contributed by atoms with Gasteiger partial charge in [-0.25, -0.2) is 4.39 Å². The first-order chi connectivity index (χ1) is 8.27. The molecule has 0 aliphatic carbocycles. The molecule has 0 spiro atoms. The lowest BCUT2D eigenvalue weighted by atomic mass is 10.2. The normalized spacial score (nSPS) is 10.2. The molecular formula is C13H11ClFNO. The maximum Gasteiger partial charge on any atom is 0.165 e. The van der Waals surface area contributed by atoms with Crippen molar-refractivity contribution < 1.29 is 9.23 Å². The Morgan fingerprint density at radius 2 is 1.76 bits per heavy atom. The molecule has 2 aromatic rings. The fourth-order valence-electron chi connectivity index (χ4n) is 1.36. The van der Waals surface area contributed by atoms with Gasteiger partial charge in [0.05, 0.1) is 11.6 Å². The Kier molecular flexibility index (Phi) is 3.96. The van der Waals surface area contributed by atoms with Crippen molar-refractivity contribution in [3.8, 4) is 5.75 Å². The minimum absolute atomic E-state index is 0.261. The van der Waals surface area contributed by atoms with Gasteiger partial charge in [-0.15, -0.1) is 0 Å². The van der Waals surface area contributed by atoms with Gasteiger partial charge in [-0.05, 0) is 18.2 Å². The van der Waals surface area contributed by atoms with Crippen molar-refractivity contribution in [1.82, 2.24) is 5.48 Å². The largest absolute Gasteiger partial charge is 0.407 e. The number of hydrogen-bond donors (Lipinski definition) is 1. The van der Waals surface area contributed by atoms with Crippen molar-refractivity contribution in [2.24, 2.45) is 0 Å². The second-order valence-electron chi connectivity index (χ2n) is 3.45. The average Bonchev–Trinajstić information content (AvgIpc) is 2.34. The van der Waals surface area contributed by atoms with Crippen molar-refractivity contribution in [3.63, 3.8) is 0 Å². The summed E-state index contributed by atoms with van der Waals surface area (Å²) in [6, 6.07) is 13.6. The highest BCUT2D eigenvalue weighted by molar-refractivity contribution is 6.32. The summed E-state index contributed by atoms with van der Waals surface area (Å²) >= 11 is 5.90. The van der Waals surface area contributed by atoms with Gasteiger partial charge >= 0.3 is 0 Å². The standard InChI is InChI=1S/C13H11ClFNO/c14-11-6-2-4-8-13(11)17-16-9-10-5-1-3-7-12(10)15/h1-8,16H,9H2. The van der Waals surface area contributed by atoms with Crippen LogP contribution in [0.25, 0.3) is 0 Å². The van der Waals surface area contributed by atoms with E-state index in [-0.39, 0.29) is 12.4 Å². The summed E-state index contributed by atoms with van der Waals surface area (Å²) in [5, 5.41) is 0.508. The van der Waals surface area contributed by atoms with Crippen molar-refractivity contribution in [2.45, 2.75) is 6.54 Å². The van der Waals surface area contributed by atoms with E-state index < -0.39 is 0 Å². The van der Waals surface area contributed by atoms with E-state index in [1.807, 2.05) is 12.1 Å². The fourth-order valence-corrected chi connectivity index (χ4v) is 1.54. The minimum Gasteiger partial charge on any atom is -0.407 e. The van der Waals surface area contributed by atoms with E-state index in [4.69, 9.17) is 16.4 Å². The van der Waals surface area contributed by atoms with Gasteiger partial charge in [0.2, 0.25) is 0 Å². The van der Waals surface area contributed by atoms with Crippen LogP contribution in [0.2, 0.25) is 5.02 Å². The van der Waals surface area contributed by atoms with Gasteiger partial charge < -0.3 is 4.84 Å². The van der Waals surface area contributed by atoms with E-state index in [0.29, 0.717) is 16.3 Å². The molecule has 0 aliphatic rings. The predicted octanol–water partition coefficient (Wildman–Crippen LogP) is 3.56. The molecule has 0 fully saturated rings. The molecule has 88 valence electrons. The molecular weight excluding hydrogens is 241 g/mol. The zero-order chi connectivity index (χ0) is 12.1. The van der Waals surface area contributed by atoms with Gasteiger partial charge in [0.25, 0.3) is 0 Å². The third kappa shape index (κ3) is 3.19. The van der Waals surface area contributed by atoms with Crippen LogP contribution < -0.4 is 10.3 Å². The Bertz CT molecular complexity index is 459. The van der Waals surface area contributed by atoms with Gasteiger partial charge in [0, 0.05) is 5.56 Å². The molecule has 0 aliphatic heterocycles. The van der Waals surface area contributed by atoms with Gasteiger partial charge in [-0.2, -0.15) is 5.48 Å². The Hall–Kier alpha value is -1.58. The summed E-state index contributed by atoms with van der Waals surface area (Å²) in [5.74, 6) is 0.258. The quantitative estimate of drug-likeness (QED) is 0.839. The molecule has 2 rings (SSSR count). The summed E-state index contributed by atoms with van der Waals surface area (Å²) < 4.78 is 13.3. The number of hydrogen-bond acceptors (Lipinski definition) is 2. The number of halogens is 2. The number of benzene rings is 2. The van der Waals surface area contributed by atoms with E-state index in [2.05, 4.69) is 5.48 Å². The fraction of sp³-hybridized carbons (Fsp3) is 0.0769. The monoisotopic (exact) mass is 251 g/mol. The zero-order valence-electron chi connectivity index (χ0n) is 8.99. The highest BCUT2D eigenvalue weighted by Crippen LogP contribution is 2.22. The number of hydroxylamine groups is 1. The lowest BCUT2D eigenvalue weighted by molar-refractivity contribution is 0.189. The summed E-state index contributed by atoms with van der Waals surface area (Å²) in [6.45, 7) is 0.276. The van der Waals surface area contributed by atoms with Crippen LogP contribution in [0, 0.1) is 5.82 Å². The van der Waals surface area contributed by atoms with Crippen LogP contribution in [0.15, 0.2) is 48.5 Å². The molecule has 2 aromatic carbocycles. The van der Waals surface area contributed by atoms with E-state index in [9.17, 15) is 4.39 Å². The molecule has 1 N–H and O–H groups in total. The molecule has 0 atom stereocenters. The van der Waals surface area contributed by atoms with E-state index in [0.717, 1.165) is 0 Å². The van der Waals surface area contributed by atoms with Crippen LogP contribution in [0.1, 0.15) is 5.56 Å². The Balaban J connectivity index is 1.93. The Labute approximate surface area is 104 Å². The SMILES string of the molecule is Fc1ccccc1CNOc1ccccc1Cl. The molecule has 0 aromatic heterocycles. The molecule has 0 radical (unpaired) electrons. The smallest absolute Gasteiger partial charge is 0.165 e. The molecule has 0 amide bonds. The topological polar surface area (TPSA) is 21.3 Å². The average molecular weight is 252 g/mol. The first-order valence-corrected chi connectivity index (χ1v) is 5.53. The van der Waals surface area contributed by atoms with Crippen LogP contribution in [0.3, 0.4) is 0 Å². The van der Waals surface area contributed by atoms with Gasteiger partial charge in [0.1, 0.15) is 5.82 Å². The van der Waals surface area contributed by atoms with Crippen LogP contribution in [0.5, 0.6) is 5.75 Å². The Morgan fingerprint density at radius 1 is 1.06 bits per heavy atom. The van der Waals surface area contributed by atoms with Crippen molar-refractivity contribution in [2.75, 3.05) is 0 Å². The van der Waals surface area contributed by atoms with Gasteiger partial charge in [0.15, 0.2) is 5.75 Å².